The van der Waals surface area contributed by atoms with Crippen molar-refractivity contribution in [1.82, 2.24) is 10.5 Å². The van der Waals surface area contributed by atoms with Crippen molar-refractivity contribution in [2.24, 2.45) is 0 Å². The molecule has 3 rings (SSSR count). The first-order chi connectivity index (χ1) is 10.7. The van der Waals surface area contributed by atoms with Crippen LogP contribution in [0.15, 0.2) is 57.7 Å². The minimum atomic E-state index is -0.254. The fourth-order valence-corrected chi connectivity index (χ4v) is 2.21. The molecule has 1 aromatic carbocycles. The molecule has 5 nitrogen and oxygen atoms in total. The molecule has 2 heterocycles. The van der Waals surface area contributed by atoms with E-state index in [9.17, 15) is 4.79 Å². The number of aryl methyl sites for hydroxylation is 1. The summed E-state index contributed by atoms with van der Waals surface area (Å²) >= 11 is 0. The van der Waals surface area contributed by atoms with Crippen LogP contribution in [0.1, 0.15) is 21.6 Å². The third-order valence-electron chi connectivity index (χ3n) is 3.45. The Bertz CT molecular complexity index is 760. The minimum absolute atomic E-state index is 0.246. The molecule has 1 amide bonds. The molecule has 0 radical (unpaired) electrons. The van der Waals surface area contributed by atoms with Crippen LogP contribution < -0.4 is 5.32 Å². The molecule has 0 aliphatic carbocycles. The van der Waals surface area contributed by atoms with Gasteiger partial charge in [-0.3, -0.25) is 4.79 Å². The first kappa shape index (κ1) is 14.1. The average Bonchev–Trinajstić information content (AvgIpc) is 3.20. The SMILES string of the molecule is Cc1ccccc1CCNC(=O)c1cc(-c2ccco2)on1. The quantitative estimate of drug-likeness (QED) is 0.785. The van der Waals surface area contributed by atoms with Gasteiger partial charge in [-0.15, -0.1) is 0 Å². The van der Waals surface area contributed by atoms with Gasteiger partial charge in [0.15, 0.2) is 11.5 Å². The molecule has 112 valence electrons. The number of nitrogens with zero attached hydrogens (tertiary/aromatic N) is 1. The summed E-state index contributed by atoms with van der Waals surface area (Å²) in [5, 5.41) is 6.61. The largest absolute Gasteiger partial charge is 0.461 e. The summed E-state index contributed by atoms with van der Waals surface area (Å²) in [5.74, 6) is 0.732. The van der Waals surface area contributed by atoms with Crippen LogP contribution in [-0.4, -0.2) is 17.6 Å². The number of nitrogens with one attached hydrogen (secondary N) is 1. The Kier molecular flexibility index (Phi) is 4.05. The lowest BCUT2D eigenvalue weighted by molar-refractivity contribution is 0.0945. The molecule has 5 heteroatoms. The number of carbonyl (C=O) groups is 1. The van der Waals surface area contributed by atoms with Gasteiger partial charge in [-0.25, -0.2) is 0 Å². The number of carbonyl (C=O) groups excluding carboxylic acids is 1. The van der Waals surface area contributed by atoms with Crippen molar-refractivity contribution in [3.05, 3.63) is 65.5 Å². The molecule has 0 unspecified atom stereocenters. The summed E-state index contributed by atoms with van der Waals surface area (Å²) < 4.78 is 10.3. The number of benzene rings is 1. The minimum Gasteiger partial charge on any atom is -0.461 e. The van der Waals surface area contributed by atoms with E-state index in [0.29, 0.717) is 18.1 Å². The van der Waals surface area contributed by atoms with E-state index >= 15 is 0 Å². The maximum atomic E-state index is 12.0. The van der Waals surface area contributed by atoms with Gasteiger partial charge >= 0.3 is 0 Å². The summed E-state index contributed by atoms with van der Waals surface area (Å²) in [6.45, 7) is 2.61. The molecule has 22 heavy (non-hydrogen) atoms. The lowest BCUT2D eigenvalue weighted by Crippen LogP contribution is -2.26. The monoisotopic (exact) mass is 296 g/mol. The molecule has 0 saturated heterocycles. The summed E-state index contributed by atoms with van der Waals surface area (Å²) in [6.07, 6.45) is 2.32. The second kappa shape index (κ2) is 6.30. The predicted molar refractivity (Wildman–Crippen MR) is 81.4 cm³/mol. The van der Waals surface area contributed by atoms with E-state index in [2.05, 4.69) is 29.5 Å². The van der Waals surface area contributed by atoms with Crippen molar-refractivity contribution in [3.8, 4) is 11.5 Å². The third-order valence-corrected chi connectivity index (χ3v) is 3.45. The van der Waals surface area contributed by atoms with Crippen molar-refractivity contribution < 1.29 is 13.7 Å². The smallest absolute Gasteiger partial charge is 0.273 e. The number of hydrogen-bond acceptors (Lipinski definition) is 4. The highest BCUT2D eigenvalue weighted by Gasteiger charge is 2.14. The fraction of sp³-hybridized carbons (Fsp3) is 0.176. The molecular weight excluding hydrogens is 280 g/mol. The van der Waals surface area contributed by atoms with Crippen molar-refractivity contribution in [2.45, 2.75) is 13.3 Å². The van der Waals surface area contributed by atoms with Gasteiger partial charge in [-0.1, -0.05) is 29.4 Å². The van der Waals surface area contributed by atoms with Gasteiger partial charge in [0.25, 0.3) is 5.91 Å². The average molecular weight is 296 g/mol. The molecule has 1 N–H and O–H groups in total. The Morgan fingerprint density at radius 1 is 1.18 bits per heavy atom. The van der Waals surface area contributed by atoms with Gasteiger partial charge in [-0.05, 0) is 36.6 Å². The van der Waals surface area contributed by atoms with Crippen LogP contribution >= 0.6 is 0 Å². The molecule has 0 saturated carbocycles. The Morgan fingerprint density at radius 2 is 2.05 bits per heavy atom. The lowest BCUT2D eigenvalue weighted by Gasteiger charge is -2.06. The van der Waals surface area contributed by atoms with E-state index in [4.69, 9.17) is 8.94 Å². The fourth-order valence-electron chi connectivity index (χ4n) is 2.21. The predicted octanol–water partition coefficient (Wildman–Crippen LogP) is 3.22. The molecule has 0 spiro atoms. The molecule has 0 aliphatic heterocycles. The first-order valence-corrected chi connectivity index (χ1v) is 7.07. The van der Waals surface area contributed by atoms with Crippen LogP contribution in [0.25, 0.3) is 11.5 Å². The van der Waals surface area contributed by atoms with Crippen LogP contribution in [-0.2, 0) is 6.42 Å². The van der Waals surface area contributed by atoms with Gasteiger partial charge in [0, 0.05) is 12.6 Å². The topological polar surface area (TPSA) is 68.3 Å². The van der Waals surface area contributed by atoms with Gasteiger partial charge in [0.1, 0.15) is 0 Å². The van der Waals surface area contributed by atoms with Crippen LogP contribution in [0.2, 0.25) is 0 Å². The molecule has 2 aromatic heterocycles. The number of amides is 1. The van der Waals surface area contributed by atoms with Gasteiger partial charge in [0.2, 0.25) is 5.76 Å². The molecule has 0 bridgehead atoms. The molecule has 0 atom stereocenters. The number of rotatable bonds is 5. The van der Waals surface area contributed by atoms with Gasteiger partial charge < -0.3 is 14.3 Å². The highest BCUT2D eigenvalue weighted by Crippen LogP contribution is 2.20. The van der Waals surface area contributed by atoms with Gasteiger partial charge in [0.05, 0.1) is 6.26 Å². The lowest BCUT2D eigenvalue weighted by atomic mass is 10.1. The molecule has 0 aliphatic rings. The van der Waals surface area contributed by atoms with Crippen molar-refractivity contribution in [1.29, 1.82) is 0 Å². The van der Waals surface area contributed by atoms with E-state index < -0.39 is 0 Å². The number of hydrogen-bond donors (Lipinski definition) is 1. The number of aromatic nitrogens is 1. The standard InChI is InChI=1S/C17H16N2O3/c1-12-5-2-3-6-13(12)8-9-18-17(20)14-11-16(22-19-14)15-7-4-10-21-15/h2-7,10-11H,8-9H2,1H3,(H,18,20). The van der Waals surface area contributed by atoms with Crippen molar-refractivity contribution in [2.75, 3.05) is 6.54 Å². The Labute approximate surface area is 127 Å². The second-order valence-corrected chi connectivity index (χ2v) is 4.99. The Balaban J connectivity index is 1.57. The van der Waals surface area contributed by atoms with Crippen LogP contribution in [0.5, 0.6) is 0 Å². The van der Waals surface area contributed by atoms with Crippen LogP contribution in [0, 0.1) is 6.92 Å². The van der Waals surface area contributed by atoms with E-state index in [-0.39, 0.29) is 11.6 Å². The molecular formula is C17H16N2O3. The van der Waals surface area contributed by atoms with Crippen molar-refractivity contribution in [3.63, 3.8) is 0 Å². The first-order valence-electron chi connectivity index (χ1n) is 7.07. The normalized spacial score (nSPS) is 10.6. The third kappa shape index (κ3) is 3.09. The van der Waals surface area contributed by atoms with E-state index in [1.54, 1.807) is 24.5 Å². The Morgan fingerprint density at radius 3 is 2.82 bits per heavy atom. The van der Waals surface area contributed by atoms with Crippen LogP contribution in [0.3, 0.4) is 0 Å². The van der Waals surface area contributed by atoms with Crippen molar-refractivity contribution >= 4 is 5.91 Å². The maximum Gasteiger partial charge on any atom is 0.273 e. The van der Waals surface area contributed by atoms with E-state index in [1.807, 2.05) is 12.1 Å². The molecule has 3 aromatic rings. The highest BCUT2D eigenvalue weighted by molar-refractivity contribution is 5.92. The summed E-state index contributed by atoms with van der Waals surface area (Å²) in [7, 11) is 0. The zero-order chi connectivity index (χ0) is 15.4. The summed E-state index contributed by atoms with van der Waals surface area (Å²) in [5.41, 5.74) is 2.69. The van der Waals surface area contributed by atoms with Gasteiger partial charge in [-0.2, -0.15) is 0 Å². The molecule has 0 fully saturated rings. The van der Waals surface area contributed by atoms with E-state index in [0.717, 1.165) is 6.42 Å². The summed E-state index contributed by atoms with van der Waals surface area (Å²) in [6, 6.07) is 13.2. The Hall–Kier alpha value is -2.82. The maximum absolute atomic E-state index is 12.0. The highest BCUT2D eigenvalue weighted by atomic mass is 16.5. The number of furan rings is 1. The van der Waals surface area contributed by atoms with Crippen LogP contribution in [0.4, 0.5) is 0 Å². The zero-order valence-corrected chi connectivity index (χ0v) is 12.2. The zero-order valence-electron chi connectivity index (χ0n) is 12.2. The van der Waals surface area contributed by atoms with E-state index in [1.165, 1.54) is 11.1 Å². The summed E-state index contributed by atoms with van der Waals surface area (Å²) in [4.78, 5) is 12.0. The second-order valence-electron chi connectivity index (χ2n) is 4.99.